The van der Waals surface area contributed by atoms with E-state index in [-0.39, 0.29) is 16.5 Å². The second-order valence-electron chi connectivity index (χ2n) is 9.36. The minimum absolute atomic E-state index is 0.0696. The highest BCUT2D eigenvalue weighted by atomic mass is 35.5. The number of hydrogen-bond donors (Lipinski definition) is 0. The quantitative estimate of drug-likeness (QED) is 0.233. The van der Waals surface area contributed by atoms with E-state index in [0.29, 0.717) is 17.7 Å². The number of pyridine rings is 2. The van der Waals surface area contributed by atoms with Gasteiger partial charge in [0.15, 0.2) is 21.5 Å². The zero-order valence-corrected chi connectivity index (χ0v) is 23.8. The van der Waals surface area contributed by atoms with Crippen molar-refractivity contribution >= 4 is 38.9 Å². The Bertz CT molecular complexity index is 1860. The van der Waals surface area contributed by atoms with Crippen molar-refractivity contribution < 1.29 is 17.2 Å². The van der Waals surface area contributed by atoms with E-state index in [1.54, 1.807) is 30.6 Å². The largest absolute Gasteiger partial charge is 0.284 e. The van der Waals surface area contributed by atoms with Crippen LogP contribution in [0, 0.1) is 12.7 Å². The number of rotatable bonds is 8. The van der Waals surface area contributed by atoms with E-state index in [0.717, 1.165) is 34.2 Å². The maximum Gasteiger partial charge on any atom is 0.273 e. The lowest BCUT2D eigenvalue weighted by Crippen LogP contribution is -2.22. The number of fused-ring (bicyclic) bond motifs is 1. The molecule has 1 unspecified atom stereocenters. The van der Waals surface area contributed by atoms with E-state index in [4.69, 9.17) is 11.6 Å². The van der Waals surface area contributed by atoms with Crippen LogP contribution < -0.4 is 5.56 Å². The molecule has 0 radical (unpaired) electrons. The van der Waals surface area contributed by atoms with Crippen molar-refractivity contribution in [2.45, 2.75) is 38.0 Å². The van der Waals surface area contributed by atoms with Crippen LogP contribution in [0.25, 0.3) is 11.7 Å². The molecule has 0 saturated carbocycles. The number of aryl methyl sites for hydroxylation is 1. The molecule has 0 fully saturated rings. The molecule has 7 nitrogen and oxygen atoms in total. The predicted molar refractivity (Wildman–Crippen MR) is 154 cm³/mol. The first kappa shape index (κ1) is 29.1. The molecule has 1 aromatic carbocycles. The molecule has 0 saturated heterocycles. The smallest absolute Gasteiger partial charge is 0.273 e. The standard InChI is InChI=1S/C29H27ClF2N4O3S/c1-5-12-33-28(21-9-6-10-25(27(21)32)40(4,38)39)23(31)17-35-19(3)16-22(26(30)29(35)37)18(2)15-20-8-7-14-36-24(20)11-13-34-36/h5-14,16-18H,15H2,1-4H3/b12-5+,23-17-,33-28+. The van der Waals surface area contributed by atoms with Crippen LogP contribution >= 0.6 is 11.6 Å². The van der Waals surface area contributed by atoms with Gasteiger partial charge in [-0.05, 0) is 67.6 Å². The molecule has 4 aromatic rings. The molecule has 4 rings (SSSR count). The van der Waals surface area contributed by atoms with Crippen molar-refractivity contribution in [3.05, 3.63) is 117 Å². The first-order valence-electron chi connectivity index (χ1n) is 12.3. The molecular formula is C29H27ClF2N4O3S. The summed E-state index contributed by atoms with van der Waals surface area (Å²) in [7, 11) is -3.93. The van der Waals surface area contributed by atoms with Gasteiger partial charge in [0.05, 0.1) is 11.7 Å². The van der Waals surface area contributed by atoms with E-state index < -0.39 is 37.6 Å². The van der Waals surface area contributed by atoms with Crippen LogP contribution in [0.3, 0.4) is 0 Å². The fraction of sp³-hybridized carbons (Fsp3) is 0.207. The summed E-state index contributed by atoms with van der Waals surface area (Å²) in [4.78, 5) is 16.7. The molecule has 3 aromatic heterocycles. The number of allylic oxidation sites excluding steroid dienone is 2. The van der Waals surface area contributed by atoms with Crippen molar-refractivity contribution in [3.63, 3.8) is 0 Å². The van der Waals surface area contributed by atoms with Gasteiger partial charge in [0, 0.05) is 36.1 Å². The highest BCUT2D eigenvalue weighted by molar-refractivity contribution is 7.90. The Morgan fingerprint density at radius 3 is 2.67 bits per heavy atom. The van der Waals surface area contributed by atoms with E-state index in [1.165, 1.54) is 24.4 Å². The van der Waals surface area contributed by atoms with E-state index in [2.05, 4.69) is 10.1 Å². The van der Waals surface area contributed by atoms with Crippen molar-refractivity contribution in [1.82, 2.24) is 14.2 Å². The fourth-order valence-electron chi connectivity index (χ4n) is 4.46. The molecule has 0 aliphatic heterocycles. The highest BCUT2D eigenvalue weighted by Crippen LogP contribution is 2.28. The number of nitrogens with zero attached hydrogens (tertiary/aromatic N) is 4. The molecule has 1 atom stereocenters. The van der Waals surface area contributed by atoms with Crippen molar-refractivity contribution in [2.24, 2.45) is 4.99 Å². The molecular weight excluding hydrogens is 558 g/mol. The maximum atomic E-state index is 15.7. The van der Waals surface area contributed by atoms with Crippen LogP contribution in [0.1, 0.15) is 42.1 Å². The maximum absolute atomic E-state index is 15.7. The van der Waals surface area contributed by atoms with Crippen LogP contribution in [0.15, 0.2) is 87.6 Å². The Morgan fingerprint density at radius 2 is 1.98 bits per heavy atom. The number of benzene rings is 1. The third-order valence-electron chi connectivity index (χ3n) is 6.42. The van der Waals surface area contributed by atoms with Gasteiger partial charge >= 0.3 is 0 Å². The normalized spacial score (nSPS) is 13.9. The summed E-state index contributed by atoms with van der Waals surface area (Å²) in [6, 6.07) is 11.1. The van der Waals surface area contributed by atoms with Gasteiger partial charge in [-0.1, -0.05) is 36.7 Å². The molecule has 3 heterocycles. The second-order valence-corrected chi connectivity index (χ2v) is 11.7. The summed E-state index contributed by atoms with van der Waals surface area (Å²) in [5.41, 5.74) is 1.47. The van der Waals surface area contributed by atoms with Crippen LogP contribution in [0.2, 0.25) is 5.02 Å². The monoisotopic (exact) mass is 584 g/mol. The summed E-state index contributed by atoms with van der Waals surface area (Å²) in [5.74, 6) is -2.35. The van der Waals surface area contributed by atoms with E-state index >= 15 is 8.78 Å². The average molecular weight is 585 g/mol. The summed E-state index contributed by atoms with van der Waals surface area (Å²) in [6.45, 7) is 5.21. The number of aromatic nitrogens is 3. The van der Waals surface area contributed by atoms with Crippen LogP contribution in [0.4, 0.5) is 8.78 Å². The molecule has 0 N–H and O–H groups in total. The van der Waals surface area contributed by atoms with E-state index in [9.17, 15) is 13.2 Å². The Morgan fingerprint density at radius 1 is 1.23 bits per heavy atom. The Labute approximate surface area is 235 Å². The molecule has 0 spiro atoms. The summed E-state index contributed by atoms with van der Waals surface area (Å²) in [6.07, 6.45) is 8.61. The lowest BCUT2D eigenvalue weighted by atomic mass is 9.93. The van der Waals surface area contributed by atoms with Crippen LogP contribution in [-0.4, -0.2) is 34.6 Å². The molecule has 11 heteroatoms. The van der Waals surface area contributed by atoms with Gasteiger partial charge in [-0.15, -0.1) is 0 Å². The van der Waals surface area contributed by atoms with Gasteiger partial charge in [0.25, 0.3) is 5.56 Å². The van der Waals surface area contributed by atoms with Gasteiger partial charge in [-0.2, -0.15) is 5.10 Å². The summed E-state index contributed by atoms with van der Waals surface area (Å²) in [5, 5.41) is 4.18. The first-order valence-corrected chi connectivity index (χ1v) is 14.6. The number of aliphatic imine (C=N–C) groups is 1. The zero-order valence-electron chi connectivity index (χ0n) is 22.3. The number of halogens is 3. The van der Waals surface area contributed by atoms with Crippen molar-refractivity contribution in [1.29, 1.82) is 0 Å². The average Bonchev–Trinajstić information content (AvgIpc) is 3.39. The predicted octanol–water partition coefficient (Wildman–Crippen LogP) is 6.14. The fourth-order valence-corrected chi connectivity index (χ4v) is 5.55. The molecule has 208 valence electrons. The minimum atomic E-state index is -3.93. The topological polar surface area (TPSA) is 85.8 Å². The van der Waals surface area contributed by atoms with Gasteiger partial charge in [0.1, 0.15) is 15.6 Å². The number of hydrogen-bond acceptors (Lipinski definition) is 5. The van der Waals surface area contributed by atoms with Gasteiger partial charge in [-0.3, -0.25) is 14.4 Å². The van der Waals surface area contributed by atoms with E-state index in [1.807, 2.05) is 31.3 Å². The zero-order chi connectivity index (χ0) is 29.2. The van der Waals surface area contributed by atoms with Gasteiger partial charge < -0.3 is 0 Å². The van der Waals surface area contributed by atoms with Crippen LogP contribution in [0.5, 0.6) is 0 Å². The lowest BCUT2D eigenvalue weighted by molar-refractivity contribution is 0.568. The van der Waals surface area contributed by atoms with Crippen molar-refractivity contribution in [2.75, 3.05) is 6.26 Å². The Balaban J connectivity index is 1.76. The lowest BCUT2D eigenvalue weighted by Gasteiger charge is -2.17. The molecule has 40 heavy (non-hydrogen) atoms. The van der Waals surface area contributed by atoms with Crippen LogP contribution in [-0.2, 0) is 16.3 Å². The summed E-state index contributed by atoms with van der Waals surface area (Å²) < 4.78 is 57.7. The first-order chi connectivity index (χ1) is 18.9. The third kappa shape index (κ3) is 5.83. The minimum Gasteiger partial charge on any atom is -0.284 e. The third-order valence-corrected chi connectivity index (χ3v) is 7.92. The number of sulfone groups is 1. The van der Waals surface area contributed by atoms with Gasteiger partial charge in [0.2, 0.25) is 0 Å². The van der Waals surface area contributed by atoms with Crippen molar-refractivity contribution in [3.8, 4) is 0 Å². The Hall–Kier alpha value is -3.89. The molecule has 0 bridgehead atoms. The molecule has 0 aliphatic carbocycles. The second kappa shape index (κ2) is 11.7. The van der Waals surface area contributed by atoms with Gasteiger partial charge in [-0.25, -0.2) is 21.7 Å². The Kier molecular flexibility index (Phi) is 8.51. The highest BCUT2D eigenvalue weighted by Gasteiger charge is 2.23. The summed E-state index contributed by atoms with van der Waals surface area (Å²) >= 11 is 6.52. The SMILES string of the molecule is C/C=C/N=C(/C(F)=C/n1c(C)cc(C(C)Cc2cccn3nccc23)c(Cl)c1=O)c1cccc(S(C)(=O)=O)c1F. The molecule has 0 aliphatic rings. The molecule has 0 amide bonds.